The molecule has 122 valence electrons. The Hall–Kier alpha value is -1.76. The average molecular weight is 373 g/mol. The first-order valence-corrected chi connectivity index (χ1v) is 7.58. The van der Waals surface area contributed by atoms with Crippen LogP contribution in [0.1, 0.15) is 33.3 Å². The number of nitrogens with zero attached hydrogens (tertiary/aromatic N) is 1. The Balaban J connectivity index is 2.79. The number of benzene rings is 1. The van der Waals surface area contributed by atoms with Gasteiger partial charge in [0.15, 0.2) is 11.5 Å². The van der Waals surface area contributed by atoms with Crippen molar-refractivity contribution in [3.05, 3.63) is 22.2 Å². The molecule has 1 rings (SSSR count). The summed E-state index contributed by atoms with van der Waals surface area (Å²) in [5.41, 5.74) is 2.48. The second kappa shape index (κ2) is 8.03. The molecule has 0 saturated heterocycles. The van der Waals surface area contributed by atoms with Gasteiger partial charge in [-0.1, -0.05) is 0 Å². The maximum Gasteiger partial charge on any atom is 0.428 e. The normalized spacial score (nSPS) is 11.4. The molecular formula is C15H21BrN2O4. The van der Waals surface area contributed by atoms with Crippen LogP contribution in [0, 0.1) is 0 Å². The summed E-state index contributed by atoms with van der Waals surface area (Å²) in [5, 5.41) is 3.85. The first-order valence-electron chi connectivity index (χ1n) is 6.79. The molecule has 0 heterocycles. The van der Waals surface area contributed by atoms with E-state index in [0.717, 1.165) is 10.0 Å². The van der Waals surface area contributed by atoms with Gasteiger partial charge in [-0.3, -0.25) is 0 Å². The topological polar surface area (TPSA) is 69.2 Å². The van der Waals surface area contributed by atoms with E-state index in [-0.39, 0.29) is 0 Å². The molecule has 22 heavy (non-hydrogen) atoms. The highest BCUT2D eigenvalue weighted by atomic mass is 79.9. The van der Waals surface area contributed by atoms with Crippen LogP contribution in [0.25, 0.3) is 0 Å². The van der Waals surface area contributed by atoms with E-state index in [1.807, 2.05) is 13.0 Å². The SMILES string of the molecule is CCOc1c(Br)cc(/C=N\NC(=O)OC(C)(C)C)cc1OC. The lowest BCUT2D eigenvalue weighted by Crippen LogP contribution is -2.29. The van der Waals surface area contributed by atoms with Crippen molar-refractivity contribution >= 4 is 28.2 Å². The summed E-state index contributed by atoms with van der Waals surface area (Å²) in [6, 6.07) is 3.57. The highest BCUT2D eigenvalue weighted by Crippen LogP contribution is 2.36. The van der Waals surface area contributed by atoms with Crippen LogP contribution in [0.5, 0.6) is 11.5 Å². The largest absolute Gasteiger partial charge is 0.493 e. The quantitative estimate of drug-likeness (QED) is 0.631. The van der Waals surface area contributed by atoms with Gasteiger partial charge in [0.1, 0.15) is 5.60 Å². The van der Waals surface area contributed by atoms with Crippen molar-refractivity contribution in [2.45, 2.75) is 33.3 Å². The molecule has 0 aliphatic heterocycles. The molecular weight excluding hydrogens is 352 g/mol. The number of halogens is 1. The lowest BCUT2D eigenvalue weighted by atomic mass is 10.2. The molecule has 0 fully saturated rings. The van der Waals surface area contributed by atoms with Gasteiger partial charge in [0.25, 0.3) is 0 Å². The van der Waals surface area contributed by atoms with Crippen molar-refractivity contribution in [3.63, 3.8) is 0 Å². The Kier molecular flexibility index (Phi) is 6.67. The van der Waals surface area contributed by atoms with Gasteiger partial charge in [-0.05, 0) is 61.3 Å². The van der Waals surface area contributed by atoms with E-state index in [9.17, 15) is 4.79 Å². The molecule has 0 aromatic heterocycles. The molecule has 0 radical (unpaired) electrons. The zero-order valence-corrected chi connectivity index (χ0v) is 15.0. The first kappa shape index (κ1) is 18.3. The molecule has 1 aromatic carbocycles. The summed E-state index contributed by atoms with van der Waals surface area (Å²) in [7, 11) is 1.56. The average Bonchev–Trinajstić information content (AvgIpc) is 2.39. The highest BCUT2D eigenvalue weighted by molar-refractivity contribution is 9.10. The minimum atomic E-state index is -0.610. The van der Waals surface area contributed by atoms with Gasteiger partial charge in [0.2, 0.25) is 0 Å². The number of rotatable bonds is 5. The molecule has 0 unspecified atom stereocenters. The number of hydrazone groups is 1. The molecule has 6 nitrogen and oxygen atoms in total. The third-order valence-corrected chi connectivity index (χ3v) is 2.90. The van der Waals surface area contributed by atoms with Crippen LogP contribution in [0.2, 0.25) is 0 Å². The standard InChI is InChI=1S/C15H21BrN2O4/c1-6-21-13-11(16)7-10(8-12(13)20-5)9-17-18-14(19)22-15(2,3)4/h7-9H,6H2,1-5H3,(H,18,19)/b17-9-. The Morgan fingerprint density at radius 1 is 1.41 bits per heavy atom. The predicted octanol–water partition coefficient (Wildman–Crippen LogP) is 3.72. The van der Waals surface area contributed by atoms with Crippen LogP contribution in [-0.2, 0) is 4.74 Å². The van der Waals surface area contributed by atoms with Crippen LogP contribution in [-0.4, -0.2) is 31.6 Å². The van der Waals surface area contributed by atoms with Gasteiger partial charge in [0, 0.05) is 0 Å². The van der Waals surface area contributed by atoms with Crippen molar-refractivity contribution in [1.29, 1.82) is 0 Å². The van der Waals surface area contributed by atoms with E-state index in [0.29, 0.717) is 18.1 Å². The van der Waals surface area contributed by atoms with Crippen molar-refractivity contribution in [1.82, 2.24) is 5.43 Å². The Morgan fingerprint density at radius 3 is 2.64 bits per heavy atom. The van der Waals surface area contributed by atoms with Crippen molar-refractivity contribution < 1.29 is 19.0 Å². The number of methoxy groups -OCH3 is 1. The van der Waals surface area contributed by atoms with E-state index in [1.165, 1.54) is 6.21 Å². The van der Waals surface area contributed by atoms with Gasteiger partial charge in [-0.25, -0.2) is 10.2 Å². The second-order valence-electron chi connectivity index (χ2n) is 5.34. The van der Waals surface area contributed by atoms with E-state index < -0.39 is 11.7 Å². The molecule has 0 bridgehead atoms. The number of amides is 1. The number of hydrogen-bond acceptors (Lipinski definition) is 5. The molecule has 0 atom stereocenters. The first-order chi connectivity index (χ1) is 10.3. The zero-order valence-electron chi connectivity index (χ0n) is 13.4. The summed E-state index contributed by atoms with van der Waals surface area (Å²) < 4.78 is 16.6. The van der Waals surface area contributed by atoms with E-state index in [4.69, 9.17) is 14.2 Å². The lowest BCUT2D eigenvalue weighted by molar-refractivity contribution is 0.0529. The van der Waals surface area contributed by atoms with Crippen LogP contribution < -0.4 is 14.9 Å². The molecule has 1 amide bonds. The Morgan fingerprint density at radius 2 is 2.09 bits per heavy atom. The fourth-order valence-corrected chi connectivity index (χ4v) is 2.13. The summed E-state index contributed by atoms with van der Waals surface area (Å²) in [4.78, 5) is 11.5. The van der Waals surface area contributed by atoms with Gasteiger partial charge < -0.3 is 14.2 Å². The minimum Gasteiger partial charge on any atom is -0.493 e. The second-order valence-corrected chi connectivity index (χ2v) is 6.19. The zero-order chi connectivity index (χ0) is 16.8. The summed E-state index contributed by atoms with van der Waals surface area (Å²) in [5.74, 6) is 1.21. The van der Waals surface area contributed by atoms with Gasteiger partial charge >= 0.3 is 6.09 Å². The Labute approximate surface area is 139 Å². The molecule has 0 spiro atoms. The fourth-order valence-electron chi connectivity index (χ4n) is 1.56. The third-order valence-electron chi connectivity index (χ3n) is 2.31. The van der Waals surface area contributed by atoms with Crippen LogP contribution in [0.4, 0.5) is 4.79 Å². The summed E-state index contributed by atoms with van der Waals surface area (Å²) in [6.45, 7) is 7.77. The fraction of sp³-hybridized carbons (Fsp3) is 0.467. The van der Waals surface area contributed by atoms with Crippen LogP contribution in [0.15, 0.2) is 21.7 Å². The van der Waals surface area contributed by atoms with Crippen LogP contribution in [0.3, 0.4) is 0 Å². The minimum absolute atomic E-state index is 0.530. The number of ether oxygens (including phenoxy) is 3. The maximum absolute atomic E-state index is 11.5. The number of nitrogens with one attached hydrogen (secondary N) is 1. The van der Waals surface area contributed by atoms with Gasteiger partial charge in [0.05, 0.1) is 24.4 Å². The molecule has 1 N–H and O–H groups in total. The van der Waals surface area contributed by atoms with Crippen molar-refractivity contribution in [3.8, 4) is 11.5 Å². The van der Waals surface area contributed by atoms with Crippen molar-refractivity contribution in [2.75, 3.05) is 13.7 Å². The van der Waals surface area contributed by atoms with Gasteiger partial charge in [-0.15, -0.1) is 0 Å². The number of hydrogen-bond donors (Lipinski definition) is 1. The van der Waals surface area contributed by atoms with Gasteiger partial charge in [-0.2, -0.15) is 5.10 Å². The molecule has 1 aromatic rings. The Bertz CT molecular complexity index is 553. The van der Waals surface area contributed by atoms with E-state index in [2.05, 4.69) is 26.5 Å². The predicted molar refractivity (Wildman–Crippen MR) is 88.8 cm³/mol. The van der Waals surface area contributed by atoms with Crippen molar-refractivity contribution in [2.24, 2.45) is 5.10 Å². The molecule has 0 aliphatic carbocycles. The smallest absolute Gasteiger partial charge is 0.428 e. The maximum atomic E-state index is 11.5. The summed E-state index contributed by atoms with van der Waals surface area (Å²) in [6.07, 6.45) is 0.883. The van der Waals surface area contributed by atoms with Crippen LogP contribution >= 0.6 is 15.9 Å². The third kappa shape index (κ3) is 5.93. The monoisotopic (exact) mass is 372 g/mol. The number of carbonyl (C=O) groups excluding carboxylic acids is 1. The molecule has 0 saturated carbocycles. The number of carbonyl (C=O) groups is 1. The highest BCUT2D eigenvalue weighted by Gasteiger charge is 2.15. The summed E-state index contributed by atoms with van der Waals surface area (Å²) >= 11 is 3.42. The van der Waals surface area contributed by atoms with E-state index in [1.54, 1.807) is 33.9 Å². The molecule has 0 aliphatic rings. The van der Waals surface area contributed by atoms with E-state index >= 15 is 0 Å². The lowest BCUT2D eigenvalue weighted by Gasteiger charge is -2.18. The molecule has 7 heteroatoms.